The Kier molecular flexibility index (Phi) is 4.13. The van der Waals surface area contributed by atoms with Gasteiger partial charge in [0.05, 0.1) is 11.9 Å². The molecular weight excluding hydrogens is 220 g/mol. The van der Waals surface area contributed by atoms with Crippen LogP contribution in [-0.4, -0.2) is 6.21 Å². The van der Waals surface area contributed by atoms with Crippen LogP contribution >= 0.6 is 0 Å². The van der Waals surface area contributed by atoms with E-state index in [0.29, 0.717) is 11.6 Å². The summed E-state index contributed by atoms with van der Waals surface area (Å²) < 4.78 is 0. The molecule has 0 radical (unpaired) electrons. The van der Waals surface area contributed by atoms with Gasteiger partial charge in [0.1, 0.15) is 0 Å². The molecule has 0 heterocycles. The third-order valence-corrected chi connectivity index (χ3v) is 3.03. The number of rotatable bonds is 3. The quantitative estimate of drug-likeness (QED) is 0.804. The second-order valence-corrected chi connectivity index (χ2v) is 4.46. The zero-order valence-electron chi connectivity index (χ0n) is 10.6. The highest BCUT2D eigenvalue weighted by atomic mass is 14.7. The Bertz CT molecular complexity index is 507. The molecule has 0 aliphatic heterocycles. The first kappa shape index (κ1) is 12.4. The lowest BCUT2D eigenvalue weighted by molar-refractivity contribution is 0.716. The van der Waals surface area contributed by atoms with Gasteiger partial charge in [0.15, 0.2) is 0 Å². The van der Waals surface area contributed by atoms with Gasteiger partial charge in [0.2, 0.25) is 0 Å². The molecule has 2 N–H and O–H groups in total. The van der Waals surface area contributed by atoms with Crippen molar-refractivity contribution in [2.45, 2.75) is 13.3 Å². The van der Waals surface area contributed by atoms with Crippen molar-refractivity contribution in [1.29, 1.82) is 0 Å². The van der Waals surface area contributed by atoms with Crippen LogP contribution in [0.1, 0.15) is 18.9 Å². The summed E-state index contributed by atoms with van der Waals surface area (Å²) in [5.74, 6) is 0.532. The van der Waals surface area contributed by atoms with Gasteiger partial charge in [-0.3, -0.25) is 4.99 Å². The summed E-state index contributed by atoms with van der Waals surface area (Å²) in [6, 6.07) is 9.87. The second-order valence-electron chi connectivity index (χ2n) is 4.46. The van der Waals surface area contributed by atoms with Gasteiger partial charge in [-0.25, -0.2) is 0 Å². The summed E-state index contributed by atoms with van der Waals surface area (Å²) in [6.07, 6.45) is 11.0. The van der Waals surface area contributed by atoms with Crippen molar-refractivity contribution in [3.63, 3.8) is 0 Å². The molecule has 0 spiro atoms. The highest BCUT2D eigenvalue weighted by molar-refractivity contribution is 5.81. The van der Waals surface area contributed by atoms with E-state index in [1.54, 1.807) is 6.20 Å². The van der Waals surface area contributed by atoms with Gasteiger partial charge in [-0.05, 0) is 23.5 Å². The Balaban J connectivity index is 2.06. The summed E-state index contributed by atoms with van der Waals surface area (Å²) in [6.45, 7) is 2.20. The van der Waals surface area contributed by atoms with E-state index in [4.69, 9.17) is 5.73 Å². The number of hydrogen-bond acceptors (Lipinski definition) is 2. The van der Waals surface area contributed by atoms with Crippen LogP contribution in [0.25, 0.3) is 5.70 Å². The van der Waals surface area contributed by atoms with Gasteiger partial charge in [-0.2, -0.15) is 0 Å². The Morgan fingerprint density at radius 1 is 1.33 bits per heavy atom. The number of nitrogens with zero attached hydrogens (tertiary/aromatic N) is 1. The third kappa shape index (κ3) is 3.20. The van der Waals surface area contributed by atoms with Crippen molar-refractivity contribution >= 4 is 11.9 Å². The van der Waals surface area contributed by atoms with Gasteiger partial charge in [-0.15, -0.1) is 0 Å². The van der Waals surface area contributed by atoms with Crippen molar-refractivity contribution < 1.29 is 0 Å². The molecule has 18 heavy (non-hydrogen) atoms. The summed E-state index contributed by atoms with van der Waals surface area (Å²) in [5.41, 5.74) is 8.89. The van der Waals surface area contributed by atoms with Crippen LogP contribution in [0.5, 0.6) is 0 Å². The normalized spacial score (nSPS) is 20.2. The average Bonchev–Trinajstić information content (AvgIpc) is 2.42. The van der Waals surface area contributed by atoms with Crippen molar-refractivity contribution in [3.05, 3.63) is 65.9 Å². The van der Waals surface area contributed by atoms with Crippen LogP contribution in [-0.2, 0) is 0 Å². The molecule has 1 atom stereocenters. The fourth-order valence-electron chi connectivity index (χ4n) is 1.84. The lowest BCUT2D eigenvalue weighted by Gasteiger charge is -2.12. The first-order valence-corrected chi connectivity index (χ1v) is 6.18. The SMILES string of the molecule is CC1CC=CC=C1C=N/C=C(\N)c1ccccc1. The van der Waals surface area contributed by atoms with Crippen LogP contribution in [0.2, 0.25) is 0 Å². The van der Waals surface area contributed by atoms with Gasteiger partial charge in [0.25, 0.3) is 0 Å². The molecule has 1 aromatic rings. The summed E-state index contributed by atoms with van der Waals surface area (Å²) in [5, 5.41) is 0. The summed E-state index contributed by atoms with van der Waals surface area (Å²) >= 11 is 0. The van der Waals surface area contributed by atoms with E-state index < -0.39 is 0 Å². The minimum absolute atomic E-state index is 0.532. The third-order valence-electron chi connectivity index (χ3n) is 3.03. The molecule has 1 aliphatic rings. The van der Waals surface area contributed by atoms with Crippen LogP contribution in [0.3, 0.4) is 0 Å². The molecule has 0 saturated heterocycles. The summed E-state index contributed by atoms with van der Waals surface area (Å²) in [4.78, 5) is 4.31. The Labute approximate surface area is 108 Å². The maximum Gasteiger partial charge on any atom is 0.0573 e. The predicted octanol–water partition coefficient (Wildman–Crippen LogP) is 3.54. The molecule has 2 nitrogen and oxygen atoms in total. The van der Waals surface area contributed by atoms with Crippen molar-refractivity contribution in [2.75, 3.05) is 0 Å². The number of allylic oxidation sites excluding steroid dienone is 4. The van der Waals surface area contributed by atoms with Gasteiger partial charge in [0, 0.05) is 6.21 Å². The number of nitrogens with two attached hydrogens (primary N) is 1. The minimum Gasteiger partial charge on any atom is -0.397 e. The first-order chi connectivity index (χ1) is 8.77. The van der Waals surface area contributed by atoms with Gasteiger partial charge < -0.3 is 5.73 Å². The van der Waals surface area contributed by atoms with Crippen LogP contribution in [0, 0.1) is 5.92 Å². The predicted molar refractivity (Wildman–Crippen MR) is 78.1 cm³/mol. The van der Waals surface area contributed by atoms with E-state index >= 15 is 0 Å². The van der Waals surface area contributed by atoms with Gasteiger partial charge >= 0.3 is 0 Å². The summed E-state index contributed by atoms with van der Waals surface area (Å²) in [7, 11) is 0. The Morgan fingerprint density at radius 2 is 2.11 bits per heavy atom. The van der Waals surface area contributed by atoms with Crippen LogP contribution in [0.4, 0.5) is 0 Å². The van der Waals surface area contributed by atoms with E-state index in [0.717, 1.165) is 12.0 Å². The van der Waals surface area contributed by atoms with E-state index in [1.165, 1.54) is 5.57 Å². The lowest BCUT2D eigenvalue weighted by Crippen LogP contribution is -2.02. The Morgan fingerprint density at radius 3 is 2.83 bits per heavy atom. The van der Waals surface area contributed by atoms with Crippen LogP contribution in [0.15, 0.2) is 65.3 Å². The smallest absolute Gasteiger partial charge is 0.0573 e. The minimum atomic E-state index is 0.532. The van der Waals surface area contributed by atoms with E-state index in [2.05, 4.69) is 30.1 Å². The molecule has 92 valence electrons. The maximum atomic E-state index is 5.96. The monoisotopic (exact) mass is 238 g/mol. The zero-order valence-corrected chi connectivity index (χ0v) is 10.6. The maximum absolute atomic E-state index is 5.96. The number of aliphatic imine (C=N–C) groups is 1. The largest absolute Gasteiger partial charge is 0.397 e. The Hall–Kier alpha value is -2.09. The molecule has 0 fully saturated rings. The molecule has 2 rings (SSSR count). The fourth-order valence-corrected chi connectivity index (χ4v) is 1.84. The molecule has 0 aromatic heterocycles. The van der Waals surface area contributed by atoms with Crippen LogP contribution < -0.4 is 5.73 Å². The van der Waals surface area contributed by atoms with Crippen molar-refractivity contribution in [3.8, 4) is 0 Å². The fraction of sp³-hybridized carbons (Fsp3) is 0.188. The highest BCUT2D eigenvalue weighted by Crippen LogP contribution is 2.18. The number of hydrogen-bond donors (Lipinski definition) is 1. The van der Waals surface area contributed by atoms with E-state index in [-0.39, 0.29) is 0 Å². The standard InChI is InChI=1S/C16H18N2/c1-13-7-5-6-10-15(13)11-18-12-16(17)14-8-3-2-4-9-14/h2-6,8-13H,7,17H2,1H3/b16-12-,18-11?. The molecule has 1 unspecified atom stereocenters. The van der Waals surface area contributed by atoms with Crippen molar-refractivity contribution in [1.82, 2.24) is 0 Å². The topological polar surface area (TPSA) is 38.4 Å². The van der Waals surface area contributed by atoms with E-state index in [9.17, 15) is 0 Å². The molecular formula is C16H18N2. The van der Waals surface area contributed by atoms with Crippen molar-refractivity contribution in [2.24, 2.45) is 16.6 Å². The second kappa shape index (κ2) is 6.01. The molecule has 0 bridgehead atoms. The number of benzene rings is 1. The molecule has 0 amide bonds. The molecule has 0 saturated carbocycles. The van der Waals surface area contributed by atoms with E-state index in [1.807, 2.05) is 36.5 Å². The highest BCUT2D eigenvalue weighted by Gasteiger charge is 2.06. The average molecular weight is 238 g/mol. The zero-order chi connectivity index (χ0) is 12.8. The molecule has 2 heteroatoms. The molecule has 1 aliphatic carbocycles. The first-order valence-electron chi connectivity index (χ1n) is 6.18. The molecule has 1 aromatic carbocycles. The van der Waals surface area contributed by atoms with Gasteiger partial charge in [-0.1, -0.05) is 55.5 Å². The lowest BCUT2D eigenvalue weighted by atomic mass is 9.94.